The molecule has 3 saturated heterocycles. The molecule has 0 aromatic rings. The van der Waals surface area contributed by atoms with Gasteiger partial charge in [0, 0.05) is 17.3 Å². The minimum absolute atomic E-state index is 0.0441. The fourth-order valence-electron chi connectivity index (χ4n) is 3.32. The summed E-state index contributed by atoms with van der Waals surface area (Å²) in [6, 6.07) is 0. The Balaban J connectivity index is 1.74. The Morgan fingerprint density at radius 1 is 1.17 bits per heavy atom. The summed E-state index contributed by atoms with van der Waals surface area (Å²) >= 11 is 10.2. The normalized spacial score (nSPS) is 47.0. The van der Waals surface area contributed by atoms with E-state index in [1.165, 1.54) is 13.2 Å². The first-order valence-corrected chi connectivity index (χ1v) is 9.33. The molecule has 0 N–H and O–H groups in total. The van der Waals surface area contributed by atoms with Gasteiger partial charge in [-0.2, -0.15) is 0 Å². The third-order valence-electron chi connectivity index (χ3n) is 4.66. The summed E-state index contributed by atoms with van der Waals surface area (Å²) in [5.41, 5.74) is 0. The Bertz CT molecular complexity index is 473. The highest BCUT2D eigenvalue weighted by atomic mass is 79.9. The van der Waals surface area contributed by atoms with Gasteiger partial charge in [0.1, 0.15) is 6.10 Å². The number of fused-ring (bicyclic) bond motifs is 3. The molecular weight excluding hydrogens is 388 g/mol. The molecule has 0 spiro atoms. The van der Waals surface area contributed by atoms with Gasteiger partial charge in [0.05, 0.1) is 43.0 Å². The molecule has 0 amide bonds. The summed E-state index contributed by atoms with van der Waals surface area (Å²) in [6.07, 6.45) is 5.42. The van der Waals surface area contributed by atoms with Gasteiger partial charge >= 0.3 is 5.97 Å². The fraction of sp³-hybridized carbons (Fsp3) is 0.812. The van der Waals surface area contributed by atoms with E-state index in [0.29, 0.717) is 6.42 Å². The van der Waals surface area contributed by atoms with Gasteiger partial charge in [-0.05, 0) is 25.8 Å². The Morgan fingerprint density at radius 3 is 2.70 bits per heavy atom. The Hall–Kier alpha value is -0.140. The monoisotopic (exact) mass is 408 g/mol. The van der Waals surface area contributed by atoms with E-state index in [-0.39, 0.29) is 46.8 Å². The summed E-state index contributed by atoms with van der Waals surface area (Å²) in [4.78, 5) is 11.6. The second kappa shape index (κ2) is 7.40. The average Bonchev–Trinajstić information content (AvgIpc) is 3.19. The number of hydrogen-bond donors (Lipinski definition) is 0. The summed E-state index contributed by atoms with van der Waals surface area (Å²) < 4.78 is 22.6. The molecule has 2 bridgehead atoms. The summed E-state index contributed by atoms with van der Waals surface area (Å²) in [6.45, 7) is 2.00. The Kier molecular flexibility index (Phi) is 5.68. The van der Waals surface area contributed by atoms with Crippen LogP contribution in [0.3, 0.4) is 0 Å². The lowest BCUT2D eigenvalue weighted by molar-refractivity contribution is -0.135. The van der Waals surface area contributed by atoms with Crippen molar-refractivity contribution in [3.8, 4) is 0 Å². The van der Waals surface area contributed by atoms with Crippen LogP contribution in [0.5, 0.6) is 0 Å². The number of halogens is 2. The maximum absolute atomic E-state index is 11.4. The molecule has 3 heterocycles. The van der Waals surface area contributed by atoms with E-state index in [0.717, 1.165) is 12.8 Å². The van der Waals surface area contributed by atoms with Crippen LogP contribution in [0.15, 0.2) is 12.2 Å². The number of rotatable bonds is 2. The fourth-order valence-corrected chi connectivity index (χ4v) is 4.37. The molecule has 1 unspecified atom stereocenters. The maximum Gasteiger partial charge on any atom is 0.330 e. The van der Waals surface area contributed by atoms with Crippen LogP contribution >= 0.6 is 27.5 Å². The summed E-state index contributed by atoms with van der Waals surface area (Å²) in [7, 11) is 1.35. The van der Waals surface area contributed by atoms with Gasteiger partial charge in [0.25, 0.3) is 0 Å². The molecule has 0 saturated carbocycles. The molecule has 0 aromatic carbocycles. The zero-order valence-corrected chi connectivity index (χ0v) is 15.5. The molecule has 3 fully saturated rings. The van der Waals surface area contributed by atoms with E-state index in [2.05, 4.69) is 20.7 Å². The van der Waals surface area contributed by atoms with Crippen molar-refractivity contribution in [2.24, 2.45) is 0 Å². The first-order chi connectivity index (χ1) is 11.0. The van der Waals surface area contributed by atoms with Crippen LogP contribution in [-0.4, -0.2) is 59.9 Å². The summed E-state index contributed by atoms with van der Waals surface area (Å²) in [5, 5.41) is -0.0525. The lowest BCUT2D eigenvalue weighted by atomic mass is 10.0. The van der Waals surface area contributed by atoms with Crippen LogP contribution in [-0.2, 0) is 23.7 Å². The van der Waals surface area contributed by atoms with Crippen molar-refractivity contribution < 1.29 is 23.7 Å². The van der Waals surface area contributed by atoms with Crippen LogP contribution in [0.25, 0.3) is 0 Å². The Labute approximate surface area is 149 Å². The number of alkyl halides is 2. The minimum atomic E-state index is -0.399. The van der Waals surface area contributed by atoms with E-state index in [9.17, 15) is 4.79 Å². The number of epoxide rings is 1. The standard InChI is InChI=1S/C16H22BrClO5/c1-8-16-14(23-16)6-10(17)12-7-11(18)13(22-12)5-9(21-8)3-4-15(19)20-2/h3-4,8-14,16H,5-7H2,1-2H3/b4-3+/t8-,9?,10-,11+,12-,13+,14+,16+/m0/s1. The first-order valence-electron chi connectivity index (χ1n) is 7.98. The second-order valence-corrected chi connectivity index (χ2v) is 8.09. The topological polar surface area (TPSA) is 57.3 Å². The van der Waals surface area contributed by atoms with E-state index >= 15 is 0 Å². The van der Waals surface area contributed by atoms with E-state index < -0.39 is 5.97 Å². The van der Waals surface area contributed by atoms with Crippen molar-refractivity contribution in [3.63, 3.8) is 0 Å². The molecular formula is C16H22BrClO5. The molecule has 0 aliphatic carbocycles. The van der Waals surface area contributed by atoms with Crippen molar-refractivity contribution in [2.45, 2.75) is 73.0 Å². The smallest absolute Gasteiger partial charge is 0.330 e. The molecule has 3 aliphatic heterocycles. The molecule has 5 nitrogen and oxygen atoms in total. The van der Waals surface area contributed by atoms with Gasteiger partial charge in [-0.25, -0.2) is 4.79 Å². The van der Waals surface area contributed by atoms with Crippen molar-refractivity contribution in [1.29, 1.82) is 0 Å². The van der Waals surface area contributed by atoms with Crippen molar-refractivity contribution >= 4 is 33.5 Å². The predicted molar refractivity (Wildman–Crippen MR) is 89.0 cm³/mol. The zero-order chi connectivity index (χ0) is 16.6. The van der Waals surface area contributed by atoms with Gasteiger partial charge in [-0.15, -0.1) is 11.6 Å². The number of hydrogen-bond acceptors (Lipinski definition) is 5. The predicted octanol–water partition coefficient (Wildman–Crippen LogP) is 2.58. The highest BCUT2D eigenvalue weighted by Gasteiger charge is 2.48. The van der Waals surface area contributed by atoms with Crippen LogP contribution in [0.1, 0.15) is 26.2 Å². The van der Waals surface area contributed by atoms with E-state index in [1.807, 2.05) is 6.92 Å². The van der Waals surface area contributed by atoms with E-state index in [1.54, 1.807) is 6.08 Å². The quantitative estimate of drug-likeness (QED) is 0.304. The molecule has 23 heavy (non-hydrogen) atoms. The van der Waals surface area contributed by atoms with Gasteiger partial charge < -0.3 is 18.9 Å². The van der Waals surface area contributed by atoms with Crippen molar-refractivity contribution in [1.82, 2.24) is 0 Å². The lowest BCUT2D eigenvalue weighted by Crippen LogP contribution is -2.29. The minimum Gasteiger partial charge on any atom is -0.466 e. The van der Waals surface area contributed by atoms with Crippen LogP contribution in [0.2, 0.25) is 0 Å². The van der Waals surface area contributed by atoms with Crippen LogP contribution < -0.4 is 0 Å². The largest absolute Gasteiger partial charge is 0.466 e. The highest BCUT2D eigenvalue weighted by Crippen LogP contribution is 2.40. The summed E-state index contributed by atoms with van der Waals surface area (Å²) in [5.74, 6) is -0.399. The number of ether oxygens (including phenoxy) is 4. The molecule has 7 heteroatoms. The van der Waals surface area contributed by atoms with E-state index in [4.69, 9.17) is 25.8 Å². The highest BCUT2D eigenvalue weighted by molar-refractivity contribution is 9.09. The van der Waals surface area contributed by atoms with Gasteiger partial charge in [0.2, 0.25) is 0 Å². The zero-order valence-electron chi connectivity index (χ0n) is 13.2. The second-order valence-electron chi connectivity index (χ2n) is 6.35. The van der Waals surface area contributed by atoms with Crippen LogP contribution in [0.4, 0.5) is 0 Å². The molecule has 130 valence electrons. The first kappa shape index (κ1) is 17.7. The number of methoxy groups -OCH3 is 1. The molecule has 3 rings (SSSR count). The third-order valence-corrected chi connectivity index (χ3v) is 6.08. The number of carbonyl (C=O) groups excluding carboxylic acids is 1. The molecule has 3 aliphatic rings. The van der Waals surface area contributed by atoms with Gasteiger partial charge in [-0.3, -0.25) is 0 Å². The number of carbonyl (C=O) groups is 1. The van der Waals surface area contributed by atoms with Gasteiger partial charge in [-0.1, -0.05) is 15.9 Å². The van der Waals surface area contributed by atoms with Gasteiger partial charge in [0.15, 0.2) is 0 Å². The van der Waals surface area contributed by atoms with Crippen LogP contribution in [0, 0.1) is 0 Å². The number of esters is 1. The molecule has 0 aromatic heterocycles. The average molecular weight is 410 g/mol. The van der Waals surface area contributed by atoms with Crippen molar-refractivity contribution in [2.75, 3.05) is 7.11 Å². The molecule has 8 atom stereocenters. The lowest BCUT2D eigenvalue weighted by Gasteiger charge is -2.23. The SMILES string of the molecule is COC(=O)/C=C/C1C[C@H]2O[C@@H](C[C@H]2Cl)[C@@H](Br)C[C@H]2O[C@@H]2[C@H](C)O1. The van der Waals surface area contributed by atoms with Crippen molar-refractivity contribution in [3.05, 3.63) is 12.2 Å². The third kappa shape index (κ3) is 4.28. The molecule has 0 radical (unpaired) electrons. The Morgan fingerprint density at radius 2 is 1.96 bits per heavy atom. The maximum atomic E-state index is 11.4.